The summed E-state index contributed by atoms with van der Waals surface area (Å²) >= 11 is 0. The highest BCUT2D eigenvalue weighted by Crippen LogP contribution is 2.28. The lowest BCUT2D eigenvalue weighted by Gasteiger charge is -2.06. The van der Waals surface area contributed by atoms with E-state index in [9.17, 15) is 14.9 Å². The third kappa shape index (κ3) is 3.22. The molecular weight excluding hydrogens is 272 g/mol. The molecule has 0 unspecified atom stereocenters. The number of nitriles is 1. The minimum atomic E-state index is -0.715. The third-order valence-electron chi connectivity index (χ3n) is 2.76. The van der Waals surface area contributed by atoms with E-state index in [1.54, 1.807) is 13.0 Å². The van der Waals surface area contributed by atoms with E-state index in [0.29, 0.717) is 5.56 Å². The van der Waals surface area contributed by atoms with E-state index in [2.05, 4.69) is 0 Å². The Morgan fingerprint density at radius 3 is 2.48 bits per heavy atom. The van der Waals surface area contributed by atoms with Crippen LogP contribution in [0.2, 0.25) is 0 Å². The SMILES string of the molecule is Cc1ccc([N+](=O)[O-])c(OC(=O)c2ccc(C#N)cc2)c1. The zero-order chi connectivity index (χ0) is 15.4. The zero-order valence-corrected chi connectivity index (χ0v) is 11.1. The van der Waals surface area contributed by atoms with E-state index in [4.69, 9.17) is 10.00 Å². The van der Waals surface area contributed by atoms with Crippen LogP contribution < -0.4 is 4.74 Å². The molecule has 0 fully saturated rings. The number of carbonyl (C=O) groups is 1. The molecule has 0 N–H and O–H groups in total. The summed E-state index contributed by atoms with van der Waals surface area (Å²) in [6.07, 6.45) is 0. The van der Waals surface area contributed by atoms with Crippen molar-refractivity contribution < 1.29 is 14.5 Å². The number of esters is 1. The summed E-state index contributed by atoms with van der Waals surface area (Å²) in [6, 6.07) is 12.0. The Balaban J connectivity index is 2.28. The van der Waals surface area contributed by atoms with Crippen LogP contribution in [-0.4, -0.2) is 10.9 Å². The molecular formula is C15H10N2O4. The molecule has 0 saturated heterocycles. The molecule has 6 nitrogen and oxygen atoms in total. The van der Waals surface area contributed by atoms with Gasteiger partial charge in [-0.2, -0.15) is 5.26 Å². The number of ether oxygens (including phenoxy) is 1. The van der Waals surface area contributed by atoms with Crippen LogP contribution in [-0.2, 0) is 0 Å². The first-order valence-electron chi connectivity index (χ1n) is 5.98. The van der Waals surface area contributed by atoms with Gasteiger partial charge in [0.25, 0.3) is 0 Å². The average molecular weight is 282 g/mol. The van der Waals surface area contributed by atoms with Gasteiger partial charge in [0.1, 0.15) is 0 Å². The van der Waals surface area contributed by atoms with E-state index in [1.165, 1.54) is 36.4 Å². The number of nitro benzene ring substituents is 1. The lowest BCUT2D eigenvalue weighted by molar-refractivity contribution is -0.385. The second-order valence-corrected chi connectivity index (χ2v) is 4.31. The van der Waals surface area contributed by atoms with Crippen LogP contribution in [0.5, 0.6) is 5.75 Å². The highest BCUT2D eigenvalue weighted by Gasteiger charge is 2.18. The number of benzene rings is 2. The Morgan fingerprint density at radius 2 is 1.90 bits per heavy atom. The molecule has 0 bridgehead atoms. The molecule has 2 rings (SSSR count). The number of rotatable bonds is 3. The molecule has 0 atom stereocenters. The van der Waals surface area contributed by atoms with Crippen molar-refractivity contribution in [1.29, 1.82) is 5.26 Å². The molecule has 21 heavy (non-hydrogen) atoms. The number of nitro groups is 1. The lowest BCUT2D eigenvalue weighted by Crippen LogP contribution is -2.09. The summed E-state index contributed by atoms with van der Waals surface area (Å²) in [4.78, 5) is 22.3. The smallest absolute Gasteiger partial charge is 0.343 e. The molecule has 0 radical (unpaired) electrons. The van der Waals surface area contributed by atoms with E-state index in [1.807, 2.05) is 6.07 Å². The van der Waals surface area contributed by atoms with Crippen molar-refractivity contribution in [2.45, 2.75) is 6.92 Å². The number of nitrogens with zero attached hydrogens (tertiary/aromatic N) is 2. The van der Waals surface area contributed by atoms with Gasteiger partial charge in [0.15, 0.2) is 0 Å². The molecule has 0 heterocycles. The van der Waals surface area contributed by atoms with Crippen molar-refractivity contribution in [3.05, 3.63) is 69.3 Å². The van der Waals surface area contributed by atoms with Crippen LogP contribution in [0.4, 0.5) is 5.69 Å². The molecule has 0 saturated carbocycles. The fourth-order valence-electron chi connectivity index (χ4n) is 1.69. The van der Waals surface area contributed by atoms with E-state index in [0.717, 1.165) is 5.56 Å². The number of hydrogen-bond acceptors (Lipinski definition) is 5. The number of aryl methyl sites for hydroxylation is 1. The fourth-order valence-corrected chi connectivity index (χ4v) is 1.69. The highest BCUT2D eigenvalue weighted by atomic mass is 16.6. The normalized spacial score (nSPS) is 9.71. The molecule has 0 amide bonds. The number of carbonyl (C=O) groups excluding carboxylic acids is 1. The van der Waals surface area contributed by atoms with Gasteiger partial charge in [0.05, 0.1) is 22.1 Å². The fraction of sp³-hybridized carbons (Fsp3) is 0.0667. The van der Waals surface area contributed by atoms with Gasteiger partial charge in [-0.3, -0.25) is 10.1 Å². The molecule has 6 heteroatoms. The lowest BCUT2D eigenvalue weighted by atomic mass is 10.1. The maximum Gasteiger partial charge on any atom is 0.343 e. The Hall–Kier alpha value is -3.20. The monoisotopic (exact) mass is 282 g/mol. The molecule has 2 aromatic rings. The van der Waals surface area contributed by atoms with Crippen molar-refractivity contribution >= 4 is 11.7 Å². The first-order chi connectivity index (χ1) is 10.0. The Bertz CT molecular complexity index is 745. The van der Waals surface area contributed by atoms with Crippen molar-refractivity contribution in [2.75, 3.05) is 0 Å². The maximum atomic E-state index is 12.0. The molecule has 104 valence electrons. The van der Waals surface area contributed by atoms with Crippen molar-refractivity contribution in [1.82, 2.24) is 0 Å². The number of hydrogen-bond donors (Lipinski definition) is 0. The predicted molar refractivity (Wildman–Crippen MR) is 73.9 cm³/mol. The average Bonchev–Trinajstić information content (AvgIpc) is 2.47. The Morgan fingerprint density at radius 1 is 1.24 bits per heavy atom. The van der Waals surface area contributed by atoms with Gasteiger partial charge >= 0.3 is 11.7 Å². The van der Waals surface area contributed by atoms with Gasteiger partial charge in [0.2, 0.25) is 5.75 Å². The maximum absolute atomic E-state index is 12.0. The summed E-state index contributed by atoms with van der Waals surface area (Å²) in [5, 5.41) is 19.6. The van der Waals surface area contributed by atoms with Gasteiger partial charge in [-0.15, -0.1) is 0 Å². The molecule has 0 aliphatic rings. The van der Waals surface area contributed by atoms with Gasteiger partial charge in [-0.05, 0) is 42.8 Å². The first kappa shape index (κ1) is 14.2. The summed E-state index contributed by atoms with van der Waals surface area (Å²) in [7, 11) is 0. The summed E-state index contributed by atoms with van der Waals surface area (Å²) in [5.74, 6) is -0.817. The van der Waals surface area contributed by atoms with Crippen LogP contribution in [0.15, 0.2) is 42.5 Å². The largest absolute Gasteiger partial charge is 0.416 e. The van der Waals surface area contributed by atoms with Crippen molar-refractivity contribution in [2.24, 2.45) is 0 Å². The molecule has 2 aromatic carbocycles. The zero-order valence-electron chi connectivity index (χ0n) is 11.1. The van der Waals surface area contributed by atoms with Crippen LogP contribution in [0, 0.1) is 28.4 Å². The standard InChI is InChI=1S/C15H10N2O4/c1-10-2-7-13(17(19)20)14(8-10)21-15(18)12-5-3-11(9-16)4-6-12/h2-8H,1H3. The molecule has 0 aliphatic carbocycles. The van der Waals surface area contributed by atoms with E-state index >= 15 is 0 Å². The van der Waals surface area contributed by atoms with Gasteiger partial charge < -0.3 is 4.74 Å². The second kappa shape index (κ2) is 5.84. The summed E-state index contributed by atoms with van der Waals surface area (Å²) in [6.45, 7) is 1.74. The van der Waals surface area contributed by atoms with Crippen molar-refractivity contribution in [3.63, 3.8) is 0 Å². The quantitative estimate of drug-likeness (QED) is 0.373. The third-order valence-corrected chi connectivity index (χ3v) is 2.76. The summed E-state index contributed by atoms with van der Waals surface area (Å²) < 4.78 is 5.08. The summed E-state index contributed by atoms with van der Waals surface area (Å²) in [5.41, 5.74) is 1.09. The molecule has 0 spiro atoms. The first-order valence-corrected chi connectivity index (χ1v) is 5.98. The van der Waals surface area contributed by atoms with Gasteiger partial charge in [-0.1, -0.05) is 6.07 Å². The van der Waals surface area contributed by atoms with Gasteiger partial charge in [-0.25, -0.2) is 4.79 Å². The van der Waals surface area contributed by atoms with Crippen LogP contribution in [0.3, 0.4) is 0 Å². The molecule has 0 aromatic heterocycles. The molecule has 0 aliphatic heterocycles. The van der Waals surface area contributed by atoms with E-state index < -0.39 is 10.9 Å². The van der Waals surface area contributed by atoms with Crippen LogP contribution >= 0.6 is 0 Å². The Labute approximate surface area is 120 Å². The predicted octanol–water partition coefficient (Wildman–Crippen LogP) is 2.99. The van der Waals surface area contributed by atoms with Crippen molar-refractivity contribution in [3.8, 4) is 11.8 Å². The van der Waals surface area contributed by atoms with E-state index in [-0.39, 0.29) is 17.0 Å². The highest BCUT2D eigenvalue weighted by molar-refractivity contribution is 5.91. The minimum Gasteiger partial charge on any atom is -0.416 e. The Kier molecular flexibility index (Phi) is 3.95. The van der Waals surface area contributed by atoms with Crippen LogP contribution in [0.25, 0.3) is 0 Å². The second-order valence-electron chi connectivity index (χ2n) is 4.31. The van der Waals surface area contributed by atoms with Gasteiger partial charge in [0, 0.05) is 6.07 Å². The topological polar surface area (TPSA) is 93.2 Å². The minimum absolute atomic E-state index is 0.102. The van der Waals surface area contributed by atoms with Crippen LogP contribution in [0.1, 0.15) is 21.5 Å².